The van der Waals surface area contributed by atoms with Crippen molar-refractivity contribution in [3.63, 3.8) is 0 Å². The Morgan fingerprint density at radius 1 is 1.21 bits per heavy atom. The van der Waals surface area contributed by atoms with Crippen LogP contribution in [-0.2, 0) is 11.2 Å². The van der Waals surface area contributed by atoms with Crippen LogP contribution >= 0.6 is 11.3 Å². The third-order valence-electron chi connectivity index (χ3n) is 4.73. The second-order valence-corrected chi connectivity index (χ2v) is 7.68. The average Bonchev–Trinajstić information content (AvgIpc) is 3.42. The van der Waals surface area contributed by atoms with Crippen LogP contribution in [0.15, 0.2) is 34.9 Å². The molecule has 0 unspecified atom stereocenters. The van der Waals surface area contributed by atoms with Crippen molar-refractivity contribution in [2.24, 2.45) is 0 Å². The number of aryl methyl sites for hydroxylation is 1. The minimum atomic E-state index is -0.357. The highest BCUT2D eigenvalue weighted by molar-refractivity contribution is 7.15. The number of nitrogens with one attached hydrogen (secondary N) is 1. The van der Waals surface area contributed by atoms with E-state index in [1.54, 1.807) is 4.90 Å². The lowest BCUT2D eigenvalue weighted by atomic mass is 10.2. The number of nitrogens with zero attached hydrogens (tertiary/aromatic N) is 3. The van der Waals surface area contributed by atoms with Crippen molar-refractivity contribution in [3.05, 3.63) is 40.8 Å². The summed E-state index contributed by atoms with van der Waals surface area (Å²) in [5, 5.41) is 6.97. The minimum Gasteiger partial charge on any atom is -0.447 e. The average molecular weight is 396 g/mol. The number of hydrogen-bond acceptors (Lipinski definition) is 7. The zero-order valence-electron chi connectivity index (χ0n) is 14.8. The van der Waals surface area contributed by atoms with Gasteiger partial charge in [-0.25, -0.2) is 4.79 Å². The van der Waals surface area contributed by atoms with E-state index >= 15 is 0 Å². The van der Waals surface area contributed by atoms with E-state index in [4.69, 9.17) is 9.26 Å². The lowest BCUT2D eigenvalue weighted by Gasteiger charge is -2.12. The lowest BCUT2D eigenvalue weighted by Crippen LogP contribution is -2.23. The molecule has 0 spiro atoms. The Labute approximate surface area is 164 Å². The molecule has 1 saturated heterocycles. The van der Waals surface area contributed by atoms with Gasteiger partial charge >= 0.3 is 6.09 Å². The Morgan fingerprint density at radius 3 is 3.00 bits per heavy atom. The molecule has 9 heteroatoms. The monoisotopic (exact) mass is 396 g/mol. The van der Waals surface area contributed by atoms with E-state index in [-0.39, 0.29) is 12.0 Å². The van der Waals surface area contributed by atoms with Gasteiger partial charge in [0.05, 0.1) is 17.0 Å². The number of anilines is 1. The number of cyclic esters (lactones) is 1. The molecule has 8 nitrogen and oxygen atoms in total. The van der Waals surface area contributed by atoms with Gasteiger partial charge in [-0.15, -0.1) is 11.3 Å². The zero-order chi connectivity index (χ0) is 19.1. The van der Waals surface area contributed by atoms with Gasteiger partial charge in [-0.1, -0.05) is 17.3 Å². The van der Waals surface area contributed by atoms with Gasteiger partial charge in [-0.3, -0.25) is 9.69 Å². The molecular weight excluding hydrogens is 380 g/mol. The molecule has 142 valence electrons. The molecule has 0 bridgehead atoms. The van der Waals surface area contributed by atoms with E-state index in [0.29, 0.717) is 37.0 Å². The number of carbonyl (C=O) groups is 2. The molecule has 0 radical (unpaired) electrons. The molecule has 2 aliphatic rings. The van der Waals surface area contributed by atoms with Crippen molar-refractivity contribution in [2.45, 2.75) is 12.8 Å². The highest BCUT2D eigenvalue weighted by Crippen LogP contribution is 2.34. The van der Waals surface area contributed by atoms with Gasteiger partial charge in [0, 0.05) is 22.7 Å². The molecule has 1 fully saturated rings. The van der Waals surface area contributed by atoms with Crippen LogP contribution < -0.4 is 10.2 Å². The number of carbonyl (C=O) groups excluding carboxylic acids is 2. The summed E-state index contributed by atoms with van der Waals surface area (Å²) in [6.07, 6.45) is 1.41. The molecule has 2 aromatic heterocycles. The first kappa shape index (κ1) is 16.9. The molecule has 0 atom stereocenters. The van der Waals surface area contributed by atoms with E-state index in [2.05, 4.69) is 15.5 Å². The molecule has 2 amide bonds. The van der Waals surface area contributed by atoms with Crippen LogP contribution in [0.3, 0.4) is 0 Å². The first-order valence-corrected chi connectivity index (χ1v) is 9.80. The summed E-state index contributed by atoms with van der Waals surface area (Å²) in [6, 6.07) is 9.18. The van der Waals surface area contributed by atoms with Crippen LogP contribution in [0.2, 0.25) is 0 Å². The summed E-state index contributed by atoms with van der Waals surface area (Å²) >= 11 is 1.51. The topological polar surface area (TPSA) is 97.6 Å². The number of hydrogen-bond donors (Lipinski definition) is 1. The van der Waals surface area contributed by atoms with Gasteiger partial charge < -0.3 is 14.6 Å². The fourth-order valence-corrected chi connectivity index (χ4v) is 4.46. The largest absolute Gasteiger partial charge is 0.447 e. The van der Waals surface area contributed by atoms with Crippen LogP contribution in [0.5, 0.6) is 0 Å². The summed E-state index contributed by atoms with van der Waals surface area (Å²) in [5.41, 5.74) is 2.15. The Bertz CT molecular complexity index is 1070. The fourth-order valence-electron chi connectivity index (χ4n) is 3.34. The van der Waals surface area contributed by atoms with Gasteiger partial charge in [0.2, 0.25) is 5.82 Å². The third-order valence-corrected chi connectivity index (χ3v) is 5.92. The number of aromatic nitrogens is 2. The summed E-state index contributed by atoms with van der Waals surface area (Å²) in [5.74, 6) is 0.754. The number of amides is 2. The van der Waals surface area contributed by atoms with Gasteiger partial charge in [-0.2, -0.15) is 4.98 Å². The minimum absolute atomic E-state index is 0.0556. The first-order valence-electron chi connectivity index (χ1n) is 8.99. The second kappa shape index (κ2) is 6.75. The highest BCUT2D eigenvalue weighted by atomic mass is 32.1. The maximum Gasteiger partial charge on any atom is 0.414 e. The maximum absolute atomic E-state index is 12.2. The van der Waals surface area contributed by atoms with Gasteiger partial charge in [0.25, 0.3) is 11.8 Å². The Kier molecular flexibility index (Phi) is 4.09. The summed E-state index contributed by atoms with van der Waals surface area (Å²) in [6.45, 7) is 1.59. The van der Waals surface area contributed by atoms with Crippen molar-refractivity contribution in [1.82, 2.24) is 15.5 Å². The molecule has 0 aliphatic carbocycles. The molecule has 1 N–H and O–H groups in total. The number of rotatable bonds is 3. The van der Waals surface area contributed by atoms with Crippen molar-refractivity contribution in [3.8, 4) is 22.2 Å². The van der Waals surface area contributed by atoms with Crippen molar-refractivity contribution < 1.29 is 18.8 Å². The summed E-state index contributed by atoms with van der Waals surface area (Å²) in [7, 11) is 0. The molecule has 5 rings (SSSR count). The van der Waals surface area contributed by atoms with Crippen molar-refractivity contribution in [1.29, 1.82) is 0 Å². The number of fused-ring (bicyclic) bond motifs is 1. The first-order chi connectivity index (χ1) is 13.7. The molecular formula is C19H16N4O4S. The Balaban J connectivity index is 1.45. The van der Waals surface area contributed by atoms with Crippen LogP contribution in [-0.4, -0.2) is 41.8 Å². The quantitative estimate of drug-likeness (QED) is 0.731. The molecule has 1 aromatic carbocycles. The molecule has 28 heavy (non-hydrogen) atoms. The molecule has 3 aromatic rings. The van der Waals surface area contributed by atoms with Gasteiger partial charge in [0.1, 0.15) is 6.61 Å². The molecule has 2 aliphatic heterocycles. The predicted molar refractivity (Wildman–Crippen MR) is 102 cm³/mol. The SMILES string of the molecule is O=C1NCCCc2sc(-c3nc(-c4cccc(N5CCOC5=O)c4)no3)cc21. The van der Waals surface area contributed by atoms with E-state index in [9.17, 15) is 9.59 Å². The van der Waals surface area contributed by atoms with E-state index in [0.717, 1.165) is 33.8 Å². The van der Waals surface area contributed by atoms with Crippen LogP contribution in [0.1, 0.15) is 21.7 Å². The van der Waals surface area contributed by atoms with E-state index < -0.39 is 0 Å². The molecule has 0 saturated carbocycles. The fraction of sp³-hybridized carbons (Fsp3) is 0.263. The van der Waals surface area contributed by atoms with Crippen molar-refractivity contribution in [2.75, 3.05) is 24.6 Å². The zero-order valence-corrected chi connectivity index (χ0v) is 15.6. The lowest BCUT2D eigenvalue weighted by molar-refractivity contribution is 0.0956. The third kappa shape index (κ3) is 2.93. The van der Waals surface area contributed by atoms with Crippen LogP contribution in [0, 0.1) is 0 Å². The standard InChI is InChI=1S/C19H16N4O4S/c24-17-13-10-15(28-14(13)5-2-6-20-17)18-21-16(22-27-18)11-3-1-4-12(9-11)23-7-8-26-19(23)25/h1,3-4,9-10H,2,5-8H2,(H,20,24). The van der Waals surface area contributed by atoms with Crippen LogP contribution in [0.25, 0.3) is 22.2 Å². The summed E-state index contributed by atoms with van der Waals surface area (Å²) in [4.78, 5) is 31.8. The smallest absolute Gasteiger partial charge is 0.414 e. The highest BCUT2D eigenvalue weighted by Gasteiger charge is 2.25. The second-order valence-electron chi connectivity index (χ2n) is 6.55. The predicted octanol–water partition coefficient (Wildman–Crippen LogP) is 3.10. The Hall–Kier alpha value is -3.20. The summed E-state index contributed by atoms with van der Waals surface area (Å²) < 4.78 is 10.4. The number of benzene rings is 1. The maximum atomic E-state index is 12.2. The van der Waals surface area contributed by atoms with E-state index in [1.807, 2.05) is 30.3 Å². The van der Waals surface area contributed by atoms with Crippen LogP contribution in [0.4, 0.5) is 10.5 Å². The number of thiophene rings is 1. The normalized spacial score (nSPS) is 16.5. The van der Waals surface area contributed by atoms with Gasteiger partial charge in [-0.05, 0) is 31.0 Å². The number of ether oxygens (including phenoxy) is 1. The molecule has 4 heterocycles. The van der Waals surface area contributed by atoms with Crippen molar-refractivity contribution >= 4 is 29.0 Å². The van der Waals surface area contributed by atoms with Gasteiger partial charge in [0.15, 0.2) is 0 Å². The van der Waals surface area contributed by atoms with E-state index in [1.165, 1.54) is 11.3 Å². The Morgan fingerprint density at radius 2 is 2.14 bits per heavy atom.